The number of para-hydroxylation sites is 1. The van der Waals surface area contributed by atoms with Crippen LogP contribution >= 0.6 is 0 Å². The standard InChI is InChI=1S/C25H24N4O3/c1-3-32-25-19(8-7-15-26-25)16-27-24(30)22-17-29(20-9-5-4-6-10-20)28-23(22)18-11-13-21(31-2)14-12-18/h4-15,17H,3,16H2,1-2H3,(H,27,30). The van der Waals surface area contributed by atoms with Gasteiger partial charge in [0.1, 0.15) is 11.4 Å². The van der Waals surface area contributed by atoms with Crippen LogP contribution in [0.2, 0.25) is 0 Å². The molecule has 0 saturated carbocycles. The number of rotatable bonds is 8. The first-order chi connectivity index (χ1) is 15.7. The second-order valence-electron chi connectivity index (χ2n) is 6.98. The molecule has 0 fully saturated rings. The zero-order valence-electron chi connectivity index (χ0n) is 18.0. The number of methoxy groups -OCH3 is 1. The van der Waals surface area contributed by atoms with E-state index in [1.165, 1.54) is 0 Å². The lowest BCUT2D eigenvalue weighted by molar-refractivity contribution is 0.0951. The maximum absolute atomic E-state index is 13.2. The first kappa shape index (κ1) is 21.1. The Morgan fingerprint density at radius 2 is 1.81 bits per heavy atom. The third-order valence-electron chi connectivity index (χ3n) is 4.91. The van der Waals surface area contributed by atoms with E-state index >= 15 is 0 Å². The number of carbonyl (C=O) groups is 1. The van der Waals surface area contributed by atoms with E-state index in [2.05, 4.69) is 10.3 Å². The molecule has 2 aromatic carbocycles. The Hall–Kier alpha value is -4.13. The quantitative estimate of drug-likeness (QED) is 0.453. The Kier molecular flexibility index (Phi) is 6.46. The van der Waals surface area contributed by atoms with Gasteiger partial charge in [-0.25, -0.2) is 9.67 Å². The van der Waals surface area contributed by atoms with Crippen LogP contribution in [0.4, 0.5) is 0 Å². The zero-order chi connectivity index (χ0) is 22.3. The first-order valence-electron chi connectivity index (χ1n) is 10.3. The molecule has 0 aliphatic rings. The van der Waals surface area contributed by atoms with Crippen molar-refractivity contribution in [3.8, 4) is 28.6 Å². The van der Waals surface area contributed by atoms with E-state index in [1.807, 2.05) is 73.7 Å². The minimum Gasteiger partial charge on any atom is -0.497 e. The molecule has 2 aromatic heterocycles. The van der Waals surface area contributed by atoms with Crippen molar-refractivity contribution in [1.29, 1.82) is 0 Å². The summed E-state index contributed by atoms with van der Waals surface area (Å²) in [4.78, 5) is 17.4. The highest BCUT2D eigenvalue weighted by atomic mass is 16.5. The number of nitrogens with one attached hydrogen (secondary N) is 1. The van der Waals surface area contributed by atoms with Crippen LogP contribution in [0.3, 0.4) is 0 Å². The third-order valence-corrected chi connectivity index (χ3v) is 4.91. The van der Waals surface area contributed by atoms with E-state index in [4.69, 9.17) is 14.6 Å². The molecule has 4 rings (SSSR count). The SMILES string of the molecule is CCOc1ncccc1CNC(=O)c1cn(-c2ccccc2)nc1-c1ccc(OC)cc1. The summed E-state index contributed by atoms with van der Waals surface area (Å²) >= 11 is 0. The fraction of sp³-hybridized carbons (Fsp3) is 0.160. The predicted molar refractivity (Wildman–Crippen MR) is 122 cm³/mol. The van der Waals surface area contributed by atoms with Crippen molar-refractivity contribution in [2.45, 2.75) is 13.5 Å². The summed E-state index contributed by atoms with van der Waals surface area (Å²) < 4.78 is 12.5. The fourth-order valence-electron chi connectivity index (χ4n) is 3.31. The summed E-state index contributed by atoms with van der Waals surface area (Å²) in [5.41, 5.74) is 3.56. The molecule has 162 valence electrons. The molecule has 7 nitrogen and oxygen atoms in total. The summed E-state index contributed by atoms with van der Waals surface area (Å²) in [6.07, 6.45) is 3.42. The van der Waals surface area contributed by atoms with E-state index in [1.54, 1.807) is 24.2 Å². The second kappa shape index (κ2) is 9.78. The Morgan fingerprint density at radius 1 is 1.03 bits per heavy atom. The van der Waals surface area contributed by atoms with E-state index in [-0.39, 0.29) is 5.91 Å². The van der Waals surface area contributed by atoms with Crippen molar-refractivity contribution in [3.05, 3.63) is 90.3 Å². The lowest BCUT2D eigenvalue weighted by Gasteiger charge is -2.10. The molecule has 0 aliphatic carbocycles. The lowest BCUT2D eigenvalue weighted by Crippen LogP contribution is -2.23. The number of hydrogen-bond donors (Lipinski definition) is 1. The fourth-order valence-corrected chi connectivity index (χ4v) is 3.31. The molecule has 4 aromatic rings. The van der Waals surface area contributed by atoms with Crippen LogP contribution < -0.4 is 14.8 Å². The zero-order valence-corrected chi connectivity index (χ0v) is 18.0. The van der Waals surface area contributed by atoms with Crippen molar-refractivity contribution in [2.75, 3.05) is 13.7 Å². The first-order valence-corrected chi connectivity index (χ1v) is 10.3. The van der Waals surface area contributed by atoms with E-state index in [0.717, 1.165) is 22.6 Å². The Morgan fingerprint density at radius 3 is 2.53 bits per heavy atom. The van der Waals surface area contributed by atoms with Crippen molar-refractivity contribution < 1.29 is 14.3 Å². The molecular formula is C25H24N4O3. The highest BCUT2D eigenvalue weighted by Gasteiger charge is 2.19. The summed E-state index contributed by atoms with van der Waals surface area (Å²) in [7, 11) is 1.62. The Balaban J connectivity index is 1.65. The molecule has 7 heteroatoms. The number of pyridine rings is 1. The van der Waals surface area contributed by atoms with Crippen molar-refractivity contribution in [3.63, 3.8) is 0 Å². The molecule has 32 heavy (non-hydrogen) atoms. The Labute approximate surface area is 186 Å². The maximum atomic E-state index is 13.2. The highest BCUT2D eigenvalue weighted by molar-refractivity contribution is 6.00. The largest absolute Gasteiger partial charge is 0.497 e. The molecule has 0 spiro atoms. The van der Waals surface area contributed by atoms with Gasteiger partial charge < -0.3 is 14.8 Å². The number of benzene rings is 2. The molecule has 0 aliphatic heterocycles. The molecular weight excluding hydrogens is 404 g/mol. The second-order valence-corrected chi connectivity index (χ2v) is 6.98. The van der Waals surface area contributed by atoms with E-state index in [0.29, 0.717) is 30.3 Å². The van der Waals surface area contributed by atoms with Gasteiger partial charge in [0, 0.05) is 30.1 Å². The minimum absolute atomic E-state index is 0.232. The van der Waals surface area contributed by atoms with Gasteiger partial charge in [-0.15, -0.1) is 0 Å². The van der Waals surface area contributed by atoms with Gasteiger partial charge in [-0.3, -0.25) is 4.79 Å². The van der Waals surface area contributed by atoms with E-state index < -0.39 is 0 Å². The average Bonchev–Trinajstić information content (AvgIpc) is 3.30. The average molecular weight is 428 g/mol. The van der Waals surface area contributed by atoms with Crippen LogP contribution in [0.5, 0.6) is 11.6 Å². The van der Waals surface area contributed by atoms with Gasteiger partial charge in [0.25, 0.3) is 5.91 Å². The van der Waals surface area contributed by atoms with Crippen molar-refractivity contribution in [1.82, 2.24) is 20.1 Å². The van der Waals surface area contributed by atoms with Gasteiger partial charge >= 0.3 is 0 Å². The number of ether oxygens (including phenoxy) is 2. The normalized spacial score (nSPS) is 10.6. The minimum atomic E-state index is -0.232. The van der Waals surface area contributed by atoms with Crippen molar-refractivity contribution >= 4 is 5.91 Å². The number of aromatic nitrogens is 3. The van der Waals surface area contributed by atoms with Crippen LogP contribution in [0, 0.1) is 0 Å². The van der Waals surface area contributed by atoms with Crippen LogP contribution in [-0.4, -0.2) is 34.4 Å². The summed E-state index contributed by atoms with van der Waals surface area (Å²) in [6.45, 7) is 2.69. The smallest absolute Gasteiger partial charge is 0.255 e. The van der Waals surface area contributed by atoms with Crippen LogP contribution in [0.25, 0.3) is 16.9 Å². The number of amides is 1. The number of carbonyl (C=O) groups excluding carboxylic acids is 1. The summed E-state index contributed by atoms with van der Waals surface area (Å²) in [5, 5.41) is 7.68. The third kappa shape index (κ3) is 4.62. The molecule has 0 bridgehead atoms. The van der Waals surface area contributed by atoms with Gasteiger partial charge in [-0.05, 0) is 49.4 Å². The molecule has 1 N–H and O–H groups in total. The van der Waals surface area contributed by atoms with Crippen LogP contribution in [0.15, 0.2) is 79.1 Å². The topological polar surface area (TPSA) is 78.3 Å². The molecule has 0 atom stereocenters. The molecule has 1 amide bonds. The highest BCUT2D eigenvalue weighted by Crippen LogP contribution is 2.26. The van der Waals surface area contributed by atoms with E-state index in [9.17, 15) is 4.79 Å². The van der Waals surface area contributed by atoms with Gasteiger partial charge in [-0.2, -0.15) is 5.10 Å². The molecule has 0 saturated heterocycles. The molecule has 0 unspecified atom stereocenters. The van der Waals surface area contributed by atoms with Crippen LogP contribution in [-0.2, 0) is 6.54 Å². The molecule has 0 radical (unpaired) electrons. The van der Waals surface area contributed by atoms with Gasteiger partial charge in [-0.1, -0.05) is 24.3 Å². The van der Waals surface area contributed by atoms with Gasteiger partial charge in [0.05, 0.1) is 25.0 Å². The number of nitrogens with zero attached hydrogens (tertiary/aromatic N) is 3. The van der Waals surface area contributed by atoms with Gasteiger partial charge in [0.2, 0.25) is 5.88 Å². The predicted octanol–water partition coefficient (Wildman–Crippen LogP) is 4.27. The monoisotopic (exact) mass is 428 g/mol. The summed E-state index contributed by atoms with van der Waals surface area (Å²) in [6, 6.07) is 20.9. The summed E-state index contributed by atoms with van der Waals surface area (Å²) in [5.74, 6) is 1.03. The maximum Gasteiger partial charge on any atom is 0.255 e. The number of hydrogen-bond acceptors (Lipinski definition) is 5. The Bertz CT molecular complexity index is 1190. The lowest BCUT2D eigenvalue weighted by atomic mass is 10.1. The van der Waals surface area contributed by atoms with Crippen molar-refractivity contribution in [2.24, 2.45) is 0 Å². The van der Waals surface area contributed by atoms with Gasteiger partial charge in [0.15, 0.2) is 0 Å². The van der Waals surface area contributed by atoms with Crippen LogP contribution in [0.1, 0.15) is 22.8 Å². The molecule has 2 heterocycles.